The number of ether oxygens (including phenoxy) is 2. The third-order valence-corrected chi connectivity index (χ3v) is 5.50. The summed E-state index contributed by atoms with van der Waals surface area (Å²) >= 11 is 1.49. The fourth-order valence-electron chi connectivity index (χ4n) is 2.96. The van der Waals surface area contributed by atoms with Crippen LogP contribution in [0.15, 0.2) is 66.0 Å². The first kappa shape index (κ1) is 22.5. The van der Waals surface area contributed by atoms with Gasteiger partial charge in [-0.15, -0.1) is 11.3 Å². The highest BCUT2D eigenvalue weighted by molar-refractivity contribution is 7.11. The second-order valence-corrected chi connectivity index (χ2v) is 7.72. The van der Waals surface area contributed by atoms with Gasteiger partial charge in [-0.25, -0.2) is 4.79 Å². The number of amides is 2. The zero-order chi connectivity index (χ0) is 21.9. The molecule has 2 amide bonds. The van der Waals surface area contributed by atoms with E-state index in [1.165, 1.54) is 11.3 Å². The van der Waals surface area contributed by atoms with Crippen molar-refractivity contribution in [2.24, 2.45) is 0 Å². The molecule has 6 nitrogen and oxygen atoms in total. The molecule has 3 rings (SSSR count). The normalized spacial score (nSPS) is 10.5. The molecule has 0 aliphatic rings. The molecule has 1 heterocycles. The highest BCUT2D eigenvalue weighted by Gasteiger charge is 2.17. The van der Waals surface area contributed by atoms with Crippen LogP contribution in [0, 0.1) is 0 Å². The van der Waals surface area contributed by atoms with Crippen LogP contribution in [0.1, 0.15) is 34.1 Å². The van der Waals surface area contributed by atoms with Crippen molar-refractivity contribution in [2.75, 3.05) is 23.8 Å². The Morgan fingerprint density at radius 3 is 2.39 bits per heavy atom. The van der Waals surface area contributed by atoms with Crippen molar-refractivity contribution in [3.05, 3.63) is 82.0 Å². The minimum atomic E-state index is -0.548. The van der Waals surface area contributed by atoms with E-state index < -0.39 is 6.09 Å². The molecule has 3 aromatic rings. The average Bonchev–Trinajstić information content (AvgIpc) is 3.16. The summed E-state index contributed by atoms with van der Waals surface area (Å²) < 4.78 is 10.7. The Kier molecular flexibility index (Phi) is 8.63. The Labute approximate surface area is 186 Å². The maximum atomic E-state index is 12.7. The van der Waals surface area contributed by atoms with Crippen LogP contribution in [0.2, 0.25) is 0 Å². The van der Waals surface area contributed by atoms with Gasteiger partial charge < -0.3 is 14.8 Å². The van der Waals surface area contributed by atoms with Crippen LogP contribution in [-0.2, 0) is 22.5 Å². The Bertz CT molecular complexity index is 974. The Balaban J connectivity index is 1.63. The van der Waals surface area contributed by atoms with Gasteiger partial charge in [-0.2, -0.15) is 0 Å². The monoisotopic (exact) mass is 438 g/mol. The van der Waals surface area contributed by atoms with Crippen LogP contribution in [0.5, 0.6) is 0 Å². The number of benzene rings is 2. The molecule has 0 fully saturated rings. The zero-order valence-electron chi connectivity index (χ0n) is 17.4. The van der Waals surface area contributed by atoms with Crippen LogP contribution in [-0.4, -0.2) is 25.2 Å². The van der Waals surface area contributed by atoms with Crippen LogP contribution in [0.4, 0.5) is 16.2 Å². The van der Waals surface area contributed by atoms with E-state index in [4.69, 9.17) is 9.47 Å². The molecule has 0 spiro atoms. The van der Waals surface area contributed by atoms with Gasteiger partial charge in [0.2, 0.25) is 0 Å². The molecule has 1 aromatic heterocycles. The lowest BCUT2D eigenvalue weighted by molar-refractivity contribution is 0.102. The maximum Gasteiger partial charge on any atom is 0.411 e. The molecule has 7 heteroatoms. The molecule has 0 atom stereocenters. The van der Waals surface area contributed by atoms with Crippen molar-refractivity contribution in [1.29, 1.82) is 0 Å². The van der Waals surface area contributed by atoms with Crippen LogP contribution >= 0.6 is 11.3 Å². The Morgan fingerprint density at radius 2 is 1.68 bits per heavy atom. The summed E-state index contributed by atoms with van der Waals surface area (Å²) in [5.41, 5.74) is 2.83. The molecule has 0 radical (unpaired) electrons. The first-order valence-corrected chi connectivity index (χ1v) is 11.1. The van der Waals surface area contributed by atoms with E-state index in [1.54, 1.807) is 19.1 Å². The van der Waals surface area contributed by atoms with E-state index in [-0.39, 0.29) is 12.5 Å². The highest BCUT2D eigenvalue weighted by atomic mass is 32.1. The lowest BCUT2D eigenvalue weighted by Crippen LogP contribution is -2.17. The van der Waals surface area contributed by atoms with E-state index in [9.17, 15) is 9.59 Å². The molecule has 0 unspecified atom stereocenters. The lowest BCUT2D eigenvalue weighted by atomic mass is 10.2. The summed E-state index contributed by atoms with van der Waals surface area (Å²) in [5.74, 6) is -0.229. The van der Waals surface area contributed by atoms with Gasteiger partial charge in [0, 0.05) is 22.4 Å². The van der Waals surface area contributed by atoms with E-state index >= 15 is 0 Å². The van der Waals surface area contributed by atoms with Gasteiger partial charge in [0.1, 0.15) is 0 Å². The van der Waals surface area contributed by atoms with Gasteiger partial charge in [0.15, 0.2) is 0 Å². The molecule has 0 bridgehead atoms. The molecule has 162 valence electrons. The fraction of sp³-hybridized carbons (Fsp3) is 0.250. The molecule has 0 aliphatic heterocycles. The van der Waals surface area contributed by atoms with Gasteiger partial charge in [-0.05, 0) is 37.5 Å². The summed E-state index contributed by atoms with van der Waals surface area (Å²) in [6.07, 6.45) is 0.961. The van der Waals surface area contributed by atoms with Crippen molar-refractivity contribution in [2.45, 2.75) is 26.4 Å². The van der Waals surface area contributed by atoms with E-state index in [0.29, 0.717) is 36.6 Å². The molecule has 31 heavy (non-hydrogen) atoms. The summed E-state index contributed by atoms with van der Waals surface area (Å²) in [6.45, 7) is 3.18. The number of aryl methyl sites for hydroxylation is 1. The second-order valence-electron chi connectivity index (χ2n) is 6.75. The predicted octanol–water partition coefficient (Wildman–Crippen LogP) is 5.72. The van der Waals surface area contributed by atoms with E-state index in [1.807, 2.05) is 53.9 Å². The SMILES string of the molecule is CCOC(=O)Nc1csc(CCCOCc2ccccc2)c1NC(=O)c1ccccc1. The van der Waals surface area contributed by atoms with Crippen LogP contribution in [0.25, 0.3) is 0 Å². The van der Waals surface area contributed by atoms with Crippen molar-refractivity contribution in [3.63, 3.8) is 0 Å². The van der Waals surface area contributed by atoms with Gasteiger partial charge >= 0.3 is 6.09 Å². The van der Waals surface area contributed by atoms with Gasteiger partial charge in [-0.3, -0.25) is 10.1 Å². The molecule has 0 saturated heterocycles. The Hall–Kier alpha value is -3.16. The van der Waals surface area contributed by atoms with Crippen molar-refractivity contribution >= 4 is 34.7 Å². The summed E-state index contributed by atoms with van der Waals surface area (Å²) in [7, 11) is 0. The molecular weight excluding hydrogens is 412 g/mol. The number of carbonyl (C=O) groups is 2. The smallest absolute Gasteiger partial charge is 0.411 e. The third kappa shape index (κ3) is 6.94. The molecule has 2 aromatic carbocycles. The number of carbonyl (C=O) groups excluding carboxylic acids is 2. The highest BCUT2D eigenvalue weighted by Crippen LogP contribution is 2.34. The molecule has 0 saturated carbocycles. The number of thiophene rings is 1. The average molecular weight is 439 g/mol. The number of hydrogen-bond acceptors (Lipinski definition) is 5. The second kappa shape index (κ2) is 11.9. The third-order valence-electron chi connectivity index (χ3n) is 4.46. The lowest BCUT2D eigenvalue weighted by Gasteiger charge is -2.11. The fourth-order valence-corrected chi connectivity index (χ4v) is 3.94. The predicted molar refractivity (Wildman–Crippen MR) is 124 cm³/mol. The zero-order valence-corrected chi connectivity index (χ0v) is 18.2. The quantitative estimate of drug-likeness (QED) is 0.397. The minimum absolute atomic E-state index is 0.229. The van der Waals surface area contributed by atoms with Gasteiger partial charge in [0.25, 0.3) is 5.91 Å². The van der Waals surface area contributed by atoms with Gasteiger partial charge in [0.05, 0.1) is 24.6 Å². The number of hydrogen-bond donors (Lipinski definition) is 2. The largest absolute Gasteiger partial charge is 0.450 e. The summed E-state index contributed by atoms with van der Waals surface area (Å²) in [6, 6.07) is 19.0. The minimum Gasteiger partial charge on any atom is -0.450 e. The summed E-state index contributed by atoms with van der Waals surface area (Å²) in [5, 5.41) is 7.48. The van der Waals surface area contributed by atoms with Crippen molar-refractivity contribution < 1.29 is 19.1 Å². The standard InChI is InChI=1S/C24H26N2O4S/c1-2-30-24(28)25-20-17-31-21(14-9-15-29-16-18-10-5-3-6-11-18)22(20)26-23(27)19-12-7-4-8-13-19/h3-8,10-13,17H,2,9,14-16H2,1H3,(H,25,28)(H,26,27). The first-order valence-electron chi connectivity index (χ1n) is 10.2. The number of rotatable bonds is 10. The first-order chi connectivity index (χ1) is 15.2. The number of nitrogens with one attached hydrogen (secondary N) is 2. The maximum absolute atomic E-state index is 12.7. The van der Waals surface area contributed by atoms with E-state index in [0.717, 1.165) is 16.9 Å². The molecule has 2 N–H and O–H groups in total. The van der Waals surface area contributed by atoms with E-state index in [2.05, 4.69) is 10.6 Å². The van der Waals surface area contributed by atoms with Gasteiger partial charge in [-0.1, -0.05) is 48.5 Å². The summed E-state index contributed by atoms with van der Waals surface area (Å²) in [4.78, 5) is 25.6. The molecular formula is C24H26N2O4S. The van der Waals surface area contributed by atoms with Crippen molar-refractivity contribution in [3.8, 4) is 0 Å². The topological polar surface area (TPSA) is 76.7 Å². The van der Waals surface area contributed by atoms with Crippen LogP contribution < -0.4 is 10.6 Å². The Morgan fingerprint density at radius 1 is 0.968 bits per heavy atom. The van der Waals surface area contributed by atoms with Crippen LogP contribution in [0.3, 0.4) is 0 Å². The molecule has 0 aliphatic carbocycles. The number of anilines is 2. The van der Waals surface area contributed by atoms with Crippen molar-refractivity contribution in [1.82, 2.24) is 0 Å².